The first kappa shape index (κ1) is 24.2. The van der Waals surface area contributed by atoms with Crippen molar-refractivity contribution in [2.24, 2.45) is 0 Å². The summed E-state index contributed by atoms with van der Waals surface area (Å²) in [5.41, 5.74) is -4.21. The van der Waals surface area contributed by atoms with Crippen LogP contribution < -0.4 is 0 Å². The van der Waals surface area contributed by atoms with Gasteiger partial charge in [-0.15, -0.1) is 0 Å². The van der Waals surface area contributed by atoms with Crippen LogP contribution in [0.5, 0.6) is 0 Å². The maximum Gasteiger partial charge on any atom is 0.460 e. The Morgan fingerprint density at radius 3 is 1.12 bits per heavy atom. The second-order valence-electron chi connectivity index (χ2n) is 4.31. The van der Waals surface area contributed by atoms with Gasteiger partial charge in [0, 0.05) is 0 Å². The van der Waals surface area contributed by atoms with Crippen molar-refractivity contribution in [3.05, 3.63) is 11.7 Å². The quantitative estimate of drug-likeness (QED) is 0.482. The highest BCUT2D eigenvalue weighted by molar-refractivity contribution is 5.89. The highest BCUT2D eigenvalue weighted by Gasteiger charge is 2.91. The first-order valence-corrected chi connectivity index (χ1v) is 5.26. The summed E-state index contributed by atoms with van der Waals surface area (Å²) < 4.78 is 188. The van der Waals surface area contributed by atoms with Gasteiger partial charge in [0.15, 0.2) is 5.57 Å². The van der Waals surface area contributed by atoms with Crippen molar-refractivity contribution in [3.63, 3.8) is 0 Å². The van der Waals surface area contributed by atoms with Crippen molar-refractivity contribution in [3.8, 4) is 0 Å². The van der Waals surface area contributed by atoms with Gasteiger partial charge in [0.2, 0.25) is 0 Å². The van der Waals surface area contributed by atoms with Gasteiger partial charge < -0.3 is 5.11 Å². The first-order chi connectivity index (χ1) is 11.0. The molecule has 0 amide bonds. The normalized spacial score (nSPS) is 15.0. The molecule has 2 nitrogen and oxygen atoms in total. The van der Waals surface area contributed by atoms with Gasteiger partial charge in [-0.05, 0) is 0 Å². The van der Waals surface area contributed by atoms with Gasteiger partial charge in [-0.3, -0.25) is 0 Å². The number of carboxylic acids is 1. The second-order valence-corrected chi connectivity index (χ2v) is 4.31. The number of alkyl halides is 13. The van der Waals surface area contributed by atoms with Crippen LogP contribution in [-0.2, 0) is 4.79 Å². The molecule has 0 saturated carbocycles. The molecule has 0 bridgehead atoms. The standard InChI is InChI=1S/C9HF15O2/c10-2(11)1(3(25)26)4(12,13)5(14,15)6(16,17)7(18,19)8(20,21)9(22,23)24/h(H,25,26). The summed E-state index contributed by atoms with van der Waals surface area (Å²) in [5, 5.41) is 7.89. The zero-order chi connectivity index (χ0) is 21.7. The first-order valence-electron chi connectivity index (χ1n) is 5.26. The molecular formula is C9HF15O2. The van der Waals surface area contributed by atoms with Crippen molar-refractivity contribution in [1.82, 2.24) is 0 Å². The Morgan fingerprint density at radius 1 is 0.577 bits per heavy atom. The molecule has 0 aromatic rings. The molecule has 0 aromatic carbocycles. The summed E-state index contributed by atoms with van der Waals surface area (Å²) in [5.74, 6) is -44.1. The van der Waals surface area contributed by atoms with Gasteiger partial charge in [-0.1, -0.05) is 0 Å². The van der Waals surface area contributed by atoms with Crippen LogP contribution in [0.3, 0.4) is 0 Å². The van der Waals surface area contributed by atoms with Gasteiger partial charge in [-0.25, -0.2) is 4.79 Å². The summed E-state index contributed by atoms with van der Waals surface area (Å²) in [6.45, 7) is 0. The van der Waals surface area contributed by atoms with Crippen molar-refractivity contribution in [2.45, 2.75) is 35.8 Å². The zero-order valence-corrected chi connectivity index (χ0v) is 11.0. The third kappa shape index (κ3) is 3.04. The van der Waals surface area contributed by atoms with Gasteiger partial charge in [-0.2, -0.15) is 65.9 Å². The van der Waals surface area contributed by atoms with E-state index in [4.69, 9.17) is 5.11 Å². The summed E-state index contributed by atoms with van der Waals surface area (Å²) in [4.78, 5) is 10.1. The lowest BCUT2D eigenvalue weighted by molar-refractivity contribution is -0.436. The van der Waals surface area contributed by atoms with E-state index in [2.05, 4.69) is 0 Å². The minimum absolute atomic E-state index is 3.77. The number of hydrogen-bond acceptors (Lipinski definition) is 1. The summed E-state index contributed by atoms with van der Waals surface area (Å²) in [7, 11) is 0. The fourth-order valence-electron chi connectivity index (χ4n) is 1.26. The molecule has 0 aliphatic heterocycles. The van der Waals surface area contributed by atoms with Crippen molar-refractivity contribution < 1.29 is 75.8 Å². The van der Waals surface area contributed by atoms with Crippen LogP contribution in [0.25, 0.3) is 0 Å². The third-order valence-electron chi connectivity index (χ3n) is 2.65. The summed E-state index contributed by atoms with van der Waals surface area (Å²) >= 11 is 0. The topological polar surface area (TPSA) is 37.3 Å². The van der Waals surface area contributed by atoms with E-state index in [0.717, 1.165) is 0 Å². The lowest BCUT2D eigenvalue weighted by Crippen LogP contribution is -2.70. The van der Waals surface area contributed by atoms with E-state index >= 15 is 0 Å². The lowest BCUT2D eigenvalue weighted by Gasteiger charge is -2.39. The number of carbonyl (C=O) groups is 1. The molecule has 0 aliphatic rings. The molecule has 0 rings (SSSR count). The van der Waals surface area contributed by atoms with Crippen LogP contribution in [0.1, 0.15) is 0 Å². The maximum atomic E-state index is 13.1. The Morgan fingerprint density at radius 2 is 0.885 bits per heavy atom. The fourth-order valence-corrected chi connectivity index (χ4v) is 1.26. The molecule has 154 valence electrons. The average Bonchev–Trinajstić information content (AvgIpc) is 2.34. The molecule has 0 radical (unpaired) electrons. The van der Waals surface area contributed by atoms with E-state index in [0.29, 0.717) is 0 Å². The Hall–Kier alpha value is -1.84. The molecule has 17 heteroatoms. The van der Waals surface area contributed by atoms with Gasteiger partial charge in [0.05, 0.1) is 0 Å². The molecule has 0 heterocycles. The number of rotatable bonds is 6. The molecule has 0 atom stereocenters. The predicted octanol–water partition coefficient (Wildman–Crippen LogP) is 4.96. The molecule has 0 aromatic heterocycles. The highest BCUT2D eigenvalue weighted by atomic mass is 19.4. The van der Waals surface area contributed by atoms with Crippen molar-refractivity contribution in [1.29, 1.82) is 0 Å². The van der Waals surface area contributed by atoms with Gasteiger partial charge >= 0.3 is 41.8 Å². The monoisotopic (exact) mass is 426 g/mol. The molecular weight excluding hydrogens is 425 g/mol. The minimum atomic E-state index is -8.35. The minimum Gasteiger partial charge on any atom is -0.478 e. The van der Waals surface area contributed by atoms with Crippen LogP contribution >= 0.6 is 0 Å². The molecule has 0 fully saturated rings. The molecule has 1 N–H and O–H groups in total. The number of halogens is 15. The van der Waals surface area contributed by atoms with E-state index in [1.54, 1.807) is 0 Å². The molecule has 0 spiro atoms. The van der Waals surface area contributed by atoms with Crippen molar-refractivity contribution >= 4 is 5.97 Å². The Bertz CT molecular complexity index is 595. The molecule has 0 aliphatic carbocycles. The molecule has 0 saturated heterocycles. The summed E-state index contributed by atoms with van der Waals surface area (Å²) in [6, 6.07) is 0. The Labute approximate surface area is 130 Å². The number of aliphatic carboxylic acids is 1. The SMILES string of the molecule is O=C(O)C(=C(F)F)C(F)(F)C(F)(F)C(F)(F)C(F)(F)C(F)(F)C(F)(F)F. The van der Waals surface area contributed by atoms with Crippen molar-refractivity contribution in [2.75, 3.05) is 0 Å². The fraction of sp³-hybridized carbons (Fsp3) is 0.667. The van der Waals surface area contributed by atoms with E-state index in [-0.39, 0.29) is 0 Å². The van der Waals surface area contributed by atoms with E-state index < -0.39 is 53.4 Å². The Kier molecular flexibility index (Phi) is 5.67. The van der Waals surface area contributed by atoms with E-state index in [9.17, 15) is 70.7 Å². The van der Waals surface area contributed by atoms with Crippen LogP contribution in [0.15, 0.2) is 11.7 Å². The smallest absolute Gasteiger partial charge is 0.460 e. The zero-order valence-electron chi connectivity index (χ0n) is 11.0. The van der Waals surface area contributed by atoms with E-state index in [1.807, 2.05) is 0 Å². The maximum absolute atomic E-state index is 13.1. The van der Waals surface area contributed by atoms with Crippen LogP contribution in [-0.4, -0.2) is 46.9 Å². The number of hydrogen-bond donors (Lipinski definition) is 1. The van der Waals surface area contributed by atoms with Gasteiger partial charge in [0.1, 0.15) is 0 Å². The van der Waals surface area contributed by atoms with Crippen LogP contribution in [0, 0.1) is 0 Å². The highest BCUT2D eigenvalue weighted by Crippen LogP contribution is 2.61. The van der Waals surface area contributed by atoms with E-state index in [1.165, 1.54) is 0 Å². The largest absolute Gasteiger partial charge is 0.478 e. The van der Waals surface area contributed by atoms with Crippen LogP contribution in [0.4, 0.5) is 65.9 Å². The lowest BCUT2D eigenvalue weighted by atomic mass is 9.90. The summed E-state index contributed by atoms with van der Waals surface area (Å²) in [6.07, 6.45) is -12.0. The van der Waals surface area contributed by atoms with Gasteiger partial charge in [0.25, 0.3) is 6.08 Å². The van der Waals surface area contributed by atoms with Crippen LogP contribution in [0.2, 0.25) is 0 Å². The average molecular weight is 426 g/mol. The predicted molar refractivity (Wildman–Crippen MR) is 47.7 cm³/mol. The molecule has 0 unspecified atom stereocenters. The Balaban J connectivity index is 6.70. The number of carboxylic acid groups (broad SMARTS) is 1. The second kappa shape index (κ2) is 6.11. The molecule has 26 heavy (non-hydrogen) atoms. The third-order valence-corrected chi connectivity index (χ3v) is 2.65.